The van der Waals surface area contributed by atoms with Crippen LogP contribution in [0.15, 0.2) is 73.3 Å². The van der Waals surface area contributed by atoms with Crippen molar-refractivity contribution < 1.29 is 10.2 Å². The first-order valence-corrected chi connectivity index (χ1v) is 10.3. The minimum absolute atomic E-state index is 0.0713. The smallest absolute Gasteiger partial charge is 0.137 e. The first-order valence-electron chi connectivity index (χ1n) is 10.3. The largest absolute Gasteiger partial charge is 0.508 e. The highest BCUT2D eigenvalue weighted by molar-refractivity contribution is 5.75. The molecule has 0 aliphatic rings. The summed E-state index contributed by atoms with van der Waals surface area (Å²) >= 11 is 0. The molecule has 0 aliphatic carbocycles. The second-order valence-electron chi connectivity index (χ2n) is 7.93. The number of benzene rings is 3. The molecule has 0 unspecified atom stereocenters. The van der Waals surface area contributed by atoms with Gasteiger partial charge < -0.3 is 15.5 Å². The Labute approximate surface area is 181 Å². The molecule has 0 aliphatic heterocycles. The number of aromatic hydroxyl groups is 2. The SMILES string of the molecule is CC(C)c1cc(-c2cccc(NCc3ccc(Cn4cncn4)cc3)c2)c(O)cc1O. The van der Waals surface area contributed by atoms with Gasteiger partial charge in [0.1, 0.15) is 24.2 Å². The van der Waals surface area contributed by atoms with E-state index < -0.39 is 0 Å². The average molecular weight is 415 g/mol. The van der Waals surface area contributed by atoms with Crippen molar-refractivity contribution in [3.63, 3.8) is 0 Å². The van der Waals surface area contributed by atoms with Crippen LogP contribution < -0.4 is 5.32 Å². The summed E-state index contributed by atoms with van der Waals surface area (Å²) < 4.78 is 1.79. The van der Waals surface area contributed by atoms with Gasteiger partial charge in [-0.25, -0.2) is 9.67 Å². The highest BCUT2D eigenvalue weighted by Crippen LogP contribution is 2.38. The number of nitrogens with zero attached hydrogens (tertiary/aromatic N) is 3. The molecule has 6 heteroatoms. The van der Waals surface area contributed by atoms with Crippen molar-refractivity contribution in [3.05, 3.63) is 90.0 Å². The molecule has 0 fully saturated rings. The number of rotatable bonds is 7. The fraction of sp³-hybridized carbons (Fsp3) is 0.200. The normalized spacial score (nSPS) is 11.1. The first-order chi connectivity index (χ1) is 15.0. The Morgan fingerprint density at radius 2 is 1.71 bits per heavy atom. The van der Waals surface area contributed by atoms with Crippen LogP contribution >= 0.6 is 0 Å². The monoisotopic (exact) mass is 414 g/mol. The Balaban J connectivity index is 1.46. The van der Waals surface area contributed by atoms with Gasteiger partial charge >= 0.3 is 0 Å². The number of aromatic nitrogens is 3. The van der Waals surface area contributed by atoms with Crippen LogP contribution in [0.5, 0.6) is 11.5 Å². The van der Waals surface area contributed by atoms with Crippen molar-refractivity contribution in [2.24, 2.45) is 0 Å². The molecule has 31 heavy (non-hydrogen) atoms. The molecule has 0 radical (unpaired) electrons. The lowest BCUT2D eigenvalue weighted by Gasteiger charge is -2.14. The van der Waals surface area contributed by atoms with E-state index in [4.69, 9.17) is 0 Å². The zero-order valence-corrected chi connectivity index (χ0v) is 17.7. The van der Waals surface area contributed by atoms with Gasteiger partial charge in [-0.15, -0.1) is 0 Å². The number of phenolic OH excluding ortho intramolecular Hbond substituents is 2. The molecule has 0 spiro atoms. The number of hydrogen-bond acceptors (Lipinski definition) is 5. The molecule has 4 aromatic rings. The molecule has 4 rings (SSSR count). The number of nitrogens with one attached hydrogen (secondary N) is 1. The van der Waals surface area contributed by atoms with Gasteiger partial charge in [0.05, 0.1) is 6.54 Å². The van der Waals surface area contributed by atoms with Gasteiger partial charge in [0, 0.05) is 23.9 Å². The Hall–Kier alpha value is -3.80. The quantitative estimate of drug-likeness (QED) is 0.390. The van der Waals surface area contributed by atoms with E-state index in [0.29, 0.717) is 18.7 Å². The number of hydrogen-bond donors (Lipinski definition) is 3. The molecular weight excluding hydrogens is 388 g/mol. The molecule has 0 atom stereocenters. The van der Waals surface area contributed by atoms with E-state index in [0.717, 1.165) is 16.8 Å². The Bertz CT molecular complexity index is 1150. The molecule has 1 heterocycles. The van der Waals surface area contributed by atoms with Gasteiger partial charge in [0.15, 0.2) is 0 Å². The van der Waals surface area contributed by atoms with Crippen molar-refractivity contribution in [3.8, 4) is 22.6 Å². The van der Waals surface area contributed by atoms with E-state index in [9.17, 15) is 10.2 Å². The molecule has 158 valence electrons. The summed E-state index contributed by atoms with van der Waals surface area (Å²) in [4.78, 5) is 3.96. The van der Waals surface area contributed by atoms with Crippen LogP contribution in [0.4, 0.5) is 5.69 Å². The molecule has 0 saturated carbocycles. The summed E-state index contributed by atoms with van der Waals surface area (Å²) in [5.41, 5.74) is 5.72. The molecular formula is C25H26N4O2. The highest BCUT2D eigenvalue weighted by Gasteiger charge is 2.13. The van der Waals surface area contributed by atoms with Crippen molar-refractivity contribution in [2.75, 3.05) is 5.32 Å². The lowest BCUT2D eigenvalue weighted by atomic mass is 9.95. The number of anilines is 1. The van der Waals surface area contributed by atoms with E-state index in [1.807, 2.05) is 44.2 Å². The molecule has 3 N–H and O–H groups in total. The minimum atomic E-state index is 0.0713. The maximum absolute atomic E-state index is 10.4. The first kappa shape index (κ1) is 20.5. The lowest BCUT2D eigenvalue weighted by molar-refractivity contribution is 0.445. The van der Waals surface area contributed by atoms with Crippen molar-refractivity contribution >= 4 is 5.69 Å². The van der Waals surface area contributed by atoms with Gasteiger partial charge in [0.25, 0.3) is 0 Å². The van der Waals surface area contributed by atoms with Crippen LogP contribution in [0.3, 0.4) is 0 Å². The third-order valence-corrected chi connectivity index (χ3v) is 5.27. The van der Waals surface area contributed by atoms with E-state index in [-0.39, 0.29) is 17.4 Å². The summed E-state index contributed by atoms with van der Waals surface area (Å²) in [6.45, 7) is 5.42. The molecule has 0 bridgehead atoms. The summed E-state index contributed by atoms with van der Waals surface area (Å²) in [7, 11) is 0. The second-order valence-corrected chi connectivity index (χ2v) is 7.93. The third kappa shape index (κ3) is 4.86. The zero-order chi connectivity index (χ0) is 21.8. The average Bonchev–Trinajstić information content (AvgIpc) is 3.26. The van der Waals surface area contributed by atoms with Crippen molar-refractivity contribution in [1.82, 2.24) is 14.8 Å². The van der Waals surface area contributed by atoms with Gasteiger partial charge in [0.2, 0.25) is 0 Å². The topological polar surface area (TPSA) is 83.2 Å². The molecule has 0 saturated heterocycles. The predicted molar refractivity (Wildman–Crippen MR) is 122 cm³/mol. The van der Waals surface area contributed by atoms with Gasteiger partial charge in [-0.2, -0.15) is 5.10 Å². The summed E-state index contributed by atoms with van der Waals surface area (Å²) in [5, 5.41) is 28.1. The highest BCUT2D eigenvalue weighted by atomic mass is 16.3. The predicted octanol–water partition coefficient (Wildman–Crippen LogP) is 5.14. The Morgan fingerprint density at radius 1 is 0.935 bits per heavy atom. The van der Waals surface area contributed by atoms with Crippen LogP contribution in [-0.4, -0.2) is 25.0 Å². The molecule has 3 aromatic carbocycles. The minimum Gasteiger partial charge on any atom is -0.508 e. The van der Waals surface area contributed by atoms with Crippen LogP contribution in [0.1, 0.15) is 36.5 Å². The second kappa shape index (κ2) is 8.92. The van der Waals surface area contributed by atoms with Crippen LogP contribution in [0.2, 0.25) is 0 Å². The summed E-state index contributed by atoms with van der Waals surface area (Å²) in [6, 6.07) is 19.6. The van der Waals surface area contributed by atoms with E-state index in [1.165, 1.54) is 23.5 Å². The number of phenols is 2. The van der Waals surface area contributed by atoms with Crippen LogP contribution in [0, 0.1) is 0 Å². The van der Waals surface area contributed by atoms with Crippen molar-refractivity contribution in [2.45, 2.75) is 32.9 Å². The Kier molecular flexibility index (Phi) is 5.89. The Morgan fingerprint density at radius 3 is 2.42 bits per heavy atom. The van der Waals surface area contributed by atoms with E-state index in [2.05, 4.69) is 39.7 Å². The maximum atomic E-state index is 10.4. The van der Waals surface area contributed by atoms with Crippen molar-refractivity contribution in [1.29, 1.82) is 0 Å². The fourth-order valence-corrected chi connectivity index (χ4v) is 3.55. The zero-order valence-electron chi connectivity index (χ0n) is 17.7. The lowest BCUT2D eigenvalue weighted by Crippen LogP contribution is -2.02. The standard InChI is InChI=1S/C25H26N4O2/c1-17(2)22-11-23(25(31)12-24(22)30)20-4-3-5-21(10-20)27-13-18-6-8-19(9-7-18)14-29-16-26-15-28-29/h3-12,15-17,27,30-31H,13-14H2,1-2H3. The molecule has 1 aromatic heterocycles. The maximum Gasteiger partial charge on any atom is 0.137 e. The van der Waals surface area contributed by atoms with Gasteiger partial charge in [-0.3, -0.25) is 0 Å². The van der Waals surface area contributed by atoms with Gasteiger partial charge in [-0.1, -0.05) is 50.2 Å². The summed E-state index contributed by atoms with van der Waals surface area (Å²) in [6.07, 6.45) is 3.24. The van der Waals surface area contributed by atoms with E-state index >= 15 is 0 Å². The van der Waals surface area contributed by atoms with Crippen LogP contribution in [0.25, 0.3) is 11.1 Å². The van der Waals surface area contributed by atoms with Gasteiger partial charge in [-0.05, 0) is 46.4 Å². The van der Waals surface area contributed by atoms with E-state index in [1.54, 1.807) is 11.0 Å². The fourth-order valence-electron chi connectivity index (χ4n) is 3.55. The van der Waals surface area contributed by atoms with Crippen LogP contribution in [-0.2, 0) is 13.1 Å². The molecule has 0 amide bonds. The molecule has 6 nitrogen and oxygen atoms in total. The summed E-state index contributed by atoms with van der Waals surface area (Å²) in [5.74, 6) is 0.355. The third-order valence-electron chi connectivity index (χ3n) is 5.27.